The second-order valence-corrected chi connectivity index (χ2v) is 4.86. The second-order valence-electron chi connectivity index (χ2n) is 4.86. The zero-order valence-corrected chi connectivity index (χ0v) is 11.8. The lowest BCUT2D eigenvalue weighted by Crippen LogP contribution is -1.91. The van der Waals surface area contributed by atoms with Gasteiger partial charge in [0.05, 0.1) is 0 Å². The molecule has 0 radical (unpaired) electrons. The largest absolute Gasteiger partial charge is 0.481 e. The van der Waals surface area contributed by atoms with E-state index in [9.17, 15) is 4.79 Å². The lowest BCUT2D eigenvalue weighted by Gasteiger charge is -2.02. The van der Waals surface area contributed by atoms with Crippen LogP contribution in [0.4, 0.5) is 0 Å². The van der Waals surface area contributed by atoms with Crippen molar-refractivity contribution in [2.45, 2.75) is 51.9 Å². The summed E-state index contributed by atoms with van der Waals surface area (Å²) in [6.45, 7) is 2.21. The van der Waals surface area contributed by atoms with Gasteiger partial charge in [0.2, 0.25) is 0 Å². The van der Waals surface area contributed by atoms with Crippen molar-refractivity contribution in [2.75, 3.05) is 0 Å². The minimum absolute atomic E-state index is 0.225. The average molecular weight is 260 g/mol. The van der Waals surface area contributed by atoms with Gasteiger partial charge in [-0.1, -0.05) is 49.8 Å². The van der Waals surface area contributed by atoms with E-state index in [4.69, 9.17) is 5.11 Å². The molecule has 0 unspecified atom stereocenters. The van der Waals surface area contributed by atoms with E-state index in [1.807, 2.05) is 6.08 Å². The molecular weight excluding hydrogens is 236 g/mol. The van der Waals surface area contributed by atoms with E-state index in [-0.39, 0.29) is 6.42 Å². The molecule has 0 saturated carbocycles. The zero-order chi connectivity index (χ0) is 13.9. The predicted octanol–water partition coefficient (Wildman–Crippen LogP) is 4.38. The van der Waals surface area contributed by atoms with E-state index >= 15 is 0 Å². The maximum absolute atomic E-state index is 10.3. The van der Waals surface area contributed by atoms with Gasteiger partial charge >= 0.3 is 5.97 Å². The Kier molecular flexibility index (Phi) is 7.64. The molecule has 19 heavy (non-hydrogen) atoms. The summed E-state index contributed by atoms with van der Waals surface area (Å²) >= 11 is 0. The Labute approximate surface area is 116 Å². The standard InChI is InChI=1S/C17H24O2/c1-2-3-8-15-11-13-16(14-12-15)9-6-4-5-7-10-17(18)19/h4-5,11-14H,2-3,6-10H2,1H3,(H,18,19). The summed E-state index contributed by atoms with van der Waals surface area (Å²) in [5.74, 6) is -0.729. The van der Waals surface area contributed by atoms with Crippen LogP contribution in [0.15, 0.2) is 36.4 Å². The number of carboxylic acids is 1. The van der Waals surface area contributed by atoms with Crippen molar-refractivity contribution >= 4 is 5.97 Å². The number of carboxylic acid groups (broad SMARTS) is 1. The third-order valence-electron chi connectivity index (χ3n) is 3.13. The summed E-state index contributed by atoms with van der Waals surface area (Å²) in [6, 6.07) is 8.85. The van der Waals surface area contributed by atoms with Crippen molar-refractivity contribution in [3.63, 3.8) is 0 Å². The Hall–Kier alpha value is -1.57. The van der Waals surface area contributed by atoms with Crippen molar-refractivity contribution in [1.29, 1.82) is 0 Å². The van der Waals surface area contributed by atoms with E-state index < -0.39 is 5.97 Å². The van der Waals surface area contributed by atoms with Crippen LogP contribution in [0, 0.1) is 0 Å². The van der Waals surface area contributed by atoms with E-state index in [1.165, 1.54) is 30.4 Å². The van der Waals surface area contributed by atoms with Gasteiger partial charge in [-0.15, -0.1) is 0 Å². The summed E-state index contributed by atoms with van der Waals surface area (Å²) in [6.07, 6.45) is 10.6. The van der Waals surface area contributed by atoms with Crippen LogP contribution in [0.25, 0.3) is 0 Å². The molecule has 1 aromatic rings. The molecule has 0 aliphatic rings. The second kappa shape index (κ2) is 9.37. The van der Waals surface area contributed by atoms with Gasteiger partial charge in [0.15, 0.2) is 0 Å². The number of hydrogen-bond acceptors (Lipinski definition) is 1. The molecule has 104 valence electrons. The van der Waals surface area contributed by atoms with E-state index in [0.29, 0.717) is 6.42 Å². The fourth-order valence-corrected chi connectivity index (χ4v) is 1.95. The van der Waals surface area contributed by atoms with Crippen LogP contribution < -0.4 is 0 Å². The molecule has 1 N–H and O–H groups in total. The highest BCUT2D eigenvalue weighted by atomic mass is 16.4. The van der Waals surface area contributed by atoms with Crippen molar-refractivity contribution in [3.05, 3.63) is 47.5 Å². The monoisotopic (exact) mass is 260 g/mol. The van der Waals surface area contributed by atoms with Gasteiger partial charge in [-0.3, -0.25) is 4.79 Å². The van der Waals surface area contributed by atoms with Crippen molar-refractivity contribution in [2.24, 2.45) is 0 Å². The zero-order valence-electron chi connectivity index (χ0n) is 11.8. The number of benzene rings is 1. The summed E-state index contributed by atoms with van der Waals surface area (Å²) < 4.78 is 0. The number of hydrogen-bond donors (Lipinski definition) is 1. The highest BCUT2D eigenvalue weighted by Gasteiger charge is 1.95. The van der Waals surface area contributed by atoms with Crippen LogP contribution in [0.2, 0.25) is 0 Å². The van der Waals surface area contributed by atoms with E-state index in [0.717, 1.165) is 12.8 Å². The van der Waals surface area contributed by atoms with Gasteiger partial charge in [-0.25, -0.2) is 0 Å². The number of allylic oxidation sites excluding steroid dienone is 2. The van der Waals surface area contributed by atoms with Gasteiger partial charge in [0.25, 0.3) is 0 Å². The first-order valence-corrected chi connectivity index (χ1v) is 7.17. The van der Waals surface area contributed by atoms with Gasteiger partial charge < -0.3 is 5.11 Å². The summed E-state index contributed by atoms with van der Waals surface area (Å²) in [5, 5.41) is 8.50. The summed E-state index contributed by atoms with van der Waals surface area (Å²) in [4.78, 5) is 10.3. The Morgan fingerprint density at radius 1 is 1.05 bits per heavy atom. The molecule has 0 bridgehead atoms. The van der Waals surface area contributed by atoms with Crippen LogP contribution in [-0.2, 0) is 17.6 Å². The fourth-order valence-electron chi connectivity index (χ4n) is 1.95. The van der Waals surface area contributed by atoms with Crippen molar-refractivity contribution < 1.29 is 9.90 Å². The predicted molar refractivity (Wildman–Crippen MR) is 79.4 cm³/mol. The smallest absolute Gasteiger partial charge is 0.303 e. The maximum Gasteiger partial charge on any atom is 0.303 e. The number of aliphatic carboxylic acids is 1. The number of carbonyl (C=O) groups is 1. The topological polar surface area (TPSA) is 37.3 Å². The fraction of sp³-hybridized carbons (Fsp3) is 0.471. The van der Waals surface area contributed by atoms with Gasteiger partial charge in [-0.05, 0) is 43.2 Å². The Bertz CT molecular complexity index is 390. The molecule has 0 aliphatic carbocycles. The van der Waals surface area contributed by atoms with Gasteiger partial charge in [-0.2, -0.15) is 0 Å². The quantitative estimate of drug-likeness (QED) is 0.669. The summed E-state index contributed by atoms with van der Waals surface area (Å²) in [5.41, 5.74) is 2.77. The number of rotatable bonds is 9. The lowest BCUT2D eigenvalue weighted by molar-refractivity contribution is -0.136. The number of unbranched alkanes of at least 4 members (excludes halogenated alkanes) is 1. The van der Waals surface area contributed by atoms with Crippen molar-refractivity contribution in [1.82, 2.24) is 0 Å². The summed E-state index contributed by atoms with van der Waals surface area (Å²) in [7, 11) is 0. The van der Waals surface area contributed by atoms with Crippen LogP contribution >= 0.6 is 0 Å². The maximum atomic E-state index is 10.3. The third-order valence-corrected chi connectivity index (χ3v) is 3.13. The SMILES string of the molecule is CCCCc1ccc(CCC=CCCC(=O)O)cc1. The Morgan fingerprint density at radius 3 is 2.21 bits per heavy atom. The molecule has 0 heterocycles. The molecule has 0 atom stereocenters. The lowest BCUT2D eigenvalue weighted by atomic mass is 10.0. The van der Waals surface area contributed by atoms with E-state index in [1.54, 1.807) is 0 Å². The molecule has 0 aliphatic heterocycles. The molecule has 0 aromatic heterocycles. The third kappa shape index (κ3) is 7.45. The average Bonchev–Trinajstić information content (AvgIpc) is 2.41. The molecule has 2 heteroatoms. The highest BCUT2D eigenvalue weighted by Crippen LogP contribution is 2.10. The van der Waals surface area contributed by atoms with Gasteiger partial charge in [0.1, 0.15) is 0 Å². The molecule has 2 nitrogen and oxygen atoms in total. The first kappa shape index (κ1) is 15.5. The van der Waals surface area contributed by atoms with Crippen LogP contribution in [0.3, 0.4) is 0 Å². The normalized spacial score (nSPS) is 11.0. The first-order chi connectivity index (χ1) is 9.22. The molecule has 0 saturated heterocycles. The molecule has 0 amide bonds. The van der Waals surface area contributed by atoms with Crippen LogP contribution in [0.5, 0.6) is 0 Å². The molecule has 1 rings (SSSR count). The first-order valence-electron chi connectivity index (χ1n) is 7.17. The van der Waals surface area contributed by atoms with E-state index in [2.05, 4.69) is 37.3 Å². The Morgan fingerprint density at radius 2 is 1.63 bits per heavy atom. The minimum atomic E-state index is -0.729. The molecule has 0 fully saturated rings. The van der Waals surface area contributed by atoms with Crippen molar-refractivity contribution in [3.8, 4) is 0 Å². The molecule has 1 aromatic carbocycles. The molecular formula is C17H24O2. The molecule has 0 spiro atoms. The van der Waals surface area contributed by atoms with Crippen LogP contribution in [-0.4, -0.2) is 11.1 Å². The minimum Gasteiger partial charge on any atom is -0.481 e. The Balaban J connectivity index is 2.24. The highest BCUT2D eigenvalue weighted by molar-refractivity contribution is 5.66. The van der Waals surface area contributed by atoms with Crippen LogP contribution in [0.1, 0.15) is 50.2 Å². The number of aryl methyl sites for hydroxylation is 2. The van der Waals surface area contributed by atoms with Gasteiger partial charge in [0, 0.05) is 6.42 Å².